The van der Waals surface area contributed by atoms with Crippen molar-refractivity contribution in [3.8, 4) is 0 Å². The van der Waals surface area contributed by atoms with Crippen LogP contribution in [-0.2, 0) is 4.74 Å². The van der Waals surface area contributed by atoms with E-state index in [2.05, 4.69) is 31.1 Å². The lowest BCUT2D eigenvalue weighted by Crippen LogP contribution is -2.52. The Morgan fingerprint density at radius 3 is 2.39 bits per heavy atom. The third-order valence-corrected chi connectivity index (χ3v) is 5.21. The maximum atomic E-state index is 6.09. The first-order valence-electron chi connectivity index (χ1n) is 7.78. The van der Waals surface area contributed by atoms with Gasteiger partial charge in [-0.3, -0.25) is 0 Å². The Kier molecular flexibility index (Phi) is 5.05. The zero-order valence-electron chi connectivity index (χ0n) is 12.4. The summed E-state index contributed by atoms with van der Waals surface area (Å²) in [5.74, 6) is 0. The molecule has 0 aromatic rings. The summed E-state index contributed by atoms with van der Waals surface area (Å²) < 4.78 is 6.09. The lowest BCUT2D eigenvalue weighted by molar-refractivity contribution is -0.112. The molecule has 2 aliphatic rings. The van der Waals surface area contributed by atoms with Crippen molar-refractivity contribution in [1.82, 2.24) is 10.2 Å². The molecule has 3 heteroatoms. The second-order valence-corrected chi connectivity index (χ2v) is 5.98. The third-order valence-electron chi connectivity index (χ3n) is 5.21. The Balaban J connectivity index is 1.89. The quantitative estimate of drug-likeness (QED) is 0.834. The number of ether oxygens (including phenoxy) is 1. The van der Waals surface area contributed by atoms with Gasteiger partial charge in [0.05, 0.1) is 5.60 Å². The SMILES string of the molecule is CCC1(CC)CC(N2CCC(NC)CC2)CCO1. The average Bonchev–Trinajstić information content (AvgIpc) is 2.47. The van der Waals surface area contributed by atoms with Crippen LogP contribution in [0.1, 0.15) is 52.4 Å². The second kappa shape index (κ2) is 6.36. The van der Waals surface area contributed by atoms with E-state index in [1.54, 1.807) is 0 Å². The minimum absolute atomic E-state index is 0.169. The minimum atomic E-state index is 0.169. The van der Waals surface area contributed by atoms with Gasteiger partial charge in [-0.1, -0.05) is 13.8 Å². The Labute approximate surface area is 112 Å². The Morgan fingerprint density at radius 2 is 1.83 bits per heavy atom. The molecule has 0 aromatic carbocycles. The largest absolute Gasteiger partial charge is 0.375 e. The van der Waals surface area contributed by atoms with Crippen molar-refractivity contribution in [2.24, 2.45) is 0 Å². The first kappa shape index (κ1) is 14.3. The van der Waals surface area contributed by atoms with Crippen LogP contribution in [0.3, 0.4) is 0 Å². The van der Waals surface area contributed by atoms with Gasteiger partial charge in [0.25, 0.3) is 0 Å². The summed E-state index contributed by atoms with van der Waals surface area (Å²) in [5.41, 5.74) is 0.169. The molecular weight excluding hydrogens is 224 g/mol. The van der Waals surface area contributed by atoms with Gasteiger partial charge in [-0.15, -0.1) is 0 Å². The van der Waals surface area contributed by atoms with Gasteiger partial charge in [-0.2, -0.15) is 0 Å². The Hall–Kier alpha value is -0.120. The third kappa shape index (κ3) is 3.06. The monoisotopic (exact) mass is 254 g/mol. The van der Waals surface area contributed by atoms with Crippen molar-refractivity contribution in [1.29, 1.82) is 0 Å². The summed E-state index contributed by atoms with van der Waals surface area (Å²) >= 11 is 0. The molecule has 0 aromatic heterocycles. The van der Waals surface area contributed by atoms with Gasteiger partial charge in [0, 0.05) is 18.7 Å². The molecular formula is C15H30N2O. The topological polar surface area (TPSA) is 24.5 Å². The van der Waals surface area contributed by atoms with Gasteiger partial charge in [0.15, 0.2) is 0 Å². The highest BCUT2D eigenvalue weighted by Crippen LogP contribution is 2.34. The van der Waals surface area contributed by atoms with Crippen LogP contribution in [0.4, 0.5) is 0 Å². The normalized spacial score (nSPS) is 30.5. The van der Waals surface area contributed by atoms with E-state index in [-0.39, 0.29) is 5.60 Å². The summed E-state index contributed by atoms with van der Waals surface area (Å²) in [7, 11) is 2.09. The number of piperidine rings is 1. The first-order valence-corrected chi connectivity index (χ1v) is 7.78. The molecule has 3 nitrogen and oxygen atoms in total. The van der Waals surface area contributed by atoms with Crippen molar-refractivity contribution in [3.63, 3.8) is 0 Å². The van der Waals surface area contributed by atoms with Gasteiger partial charge in [0.2, 0.25) is 0 Å². The lowest BCUT2D eigenvalue weighted by Gasteiger charge is -2.46. The maximum absolute atomic E-state index is 6.09. The van der Waals surface area contributed by atoms with E-state index >= 15 is 0 Å². The predicted octanol–water partition coefficient (Wildman–Crippen LogP) is 2.41. The van der Waals surface area contributed by atoms with Crippen LogP contribution >= 0.6 is 0 Å². The van der Waals surface area contributed by atoms with E-state index < -0.39 is 0 Å². The molecule has 0 aliphatic carbocycles. The minimum Gasteiger partial charge on any atom is -0.375 e. The molecule has 1 unspecified atom stereocenters. The maximum Gasteiger partial charge on any atom is 0.0692 e. The van der Waals surface area contributed by atoms with E-state index in [0.29, 0.717) is 0 Å². The average molecular weight is 254 g/mol. The van der Waals surface area contributed by atoms with Crippen LogP contribution in [0.5, 0.6) is 0 Å². The number of likely N-dealkylation sites (tertiary alicyclic amines) is 1. The summed E-state index contributed by atoms with van der Waals surface area (Å²) in [6, 6.07) is 1.50. The van der Waals surface area contributed by atoms with Crippen molar-refractivity contribution < 1.29 is 4.74 Å². The smallest absolute Gasteiger partial charge is 0.0692 e. The molecule has 0 radical (unpaired) electrons. The number of hydrogen-bond donors (Lipinski definition) is 1. The van der Waals surface area contributed by atoms with Crippen molar-refractivity contribution in [2.45, 2.75) is 70.1 Å². The molecule has 2 aliphatic heterocycles. The molecule has 2 saturated heterocycles. The van der Waals surface area contributed by atoms with Gasteiger partial charge in [0.1, 0.15) is 0 Å². The number of nitrogens with one attached hydrogen (secondary N) is 1. The first-order chi connectivity index (χ1) is 8.73. The molecule has 2 rings (SSSR count). The summed E-state index contributed by atoms with van der Waals surface area (Å²) in [6.45, 7) is 8.04. The fourth-order valence-corrected chi connectivity index (χ4v) is 3.61. The molecule has 0 bridgehead atoms. The van der Waals surface area contributed by atoms with Gasteiger partial charge < -0.3 is 15.0 Å². The molecule has 0 saturated carbocycles. The van der Waals surface area contributed by atoms with E-state index in [9.17, 15) is 0 Å². The highest BCUT2D eigenvalue weighted by atomic mass is 16.5. The zero-order valence-corrected chi connectivity index (χ0v) is 12.4. The van der Waals surface area contributed by atoms with Gasteiger partial charge in [-0.05, 0) is 58.7 Å². The van der Waals surface area contributed by atoms with E-state index in [1.165, 1.54) is 38.8 Å². The van der Waals surface area contributed by atoms with Crippen LogP contribution < -0.4 is 5.32 Å². The molecule has 1 N–H and O–H groups in total. The lowest BCUT2D eigenvalue weighted by atomic mass is 9.84. The highest BCUT2D eigenvalue weighted by Gasteiger charge is 2.37. The number of hydrogen-bond acceptors (Lipinski definition) is 3. The Morgan fingerprint density at radius 1 is 1.17 bits per heavy atom. The van der Waals surface area contributed by atoms with Crippen molar-refractivity contribution in [3.05, 3.63) is 0 Å². The fraction of sp³-hybridized carbons (Fsp3) is 1.00. The van der Waals surface area contributed by atoms with Crippen LogP contribution in [-0.4, -0.2) is 49.3 Å². The van der Waals surface area contributed by atoms with E-state index in [1.807, 2.05) is 0 Å². The zero-order chi connectivity index (χ0) is 13.0. The van der Waals surface area contributed by atoms with E-state index in [4.69, 9.17) is 4.74 Å². The Bertz CT molecular complexity index is 245. The van der Waals surface area contributed by atoms with Crippen LogP contribution in [0.2, 0.25) is 0 Å². The predicted molar refractivity (Wildman–Crippen MR) is 75.9 cm³/mol. The van der Waals surface area contributed by atoms with E-state index in [0.717, 1.165) is 31.5 Å². The van der Waals surface area contributed by atoms with Crippen molar-refractivity contribution >= 4 is 0 Å². The van der Waals surface area contributed by atoms with Crippen molar-refractivity contribution in [2.75, 3.05) is 26.7 Å². The number of rotatable bonds is 4. The summed E-state index contributed by atoms with van der Waals surface area (Å²) in [4.78, 5) is 2.72. The molecule has 2 fully saturated rings. The van der Waals surface area contributed by atoms with Crippen LogP contribution in [0.15, 0.2) is 0 Å². The molecule has 1 atom stereocenters. The standard InChI is InChI=1S/C15H30N2O/c1-4-15(5-2)12-14(8-11-18-15)17-9-6-13(16-3)7-10-17/h13-14,16H,4-12H2,1-3H3. The number of nitrogens with zero attached hydrogens (tertiary/aromatic N) is 1. The second-order valence-electron chi connectivity index (χ2n) is 5.98. The fourth-order valence-electron chi connectivity index (χ4n) is 3.61. The summed E-state index contributed by atoms with van der Waals surface area (Å²) in [5, 5.41) is 3.41. The van der Waals surface area contributed by atoms with Gasteiger partial charge >= 0.3 is 0 Å². The molecule has 0 spiro atoms. The van der Waals surface area contributed by atoms with Crippen LogP contribution in [0.25, 0.3) is 0 Å². The molecule has 106 valence electrons. The molecule has 0 amide bonds. The van der Waals surface area contributed by atoms with Crippen LogP contribution in [0, 0.1) is 0 Å². The summed E-state index contributed by atoms with van der Waals surface area (Å²) in [6.07, 6.45) is 7.40. The molecule has 18 heavy (non-hydrogen) atoms. The highest BCUT2D eigenvalue weighted by molar-refractivity contribution is 4.91. The molecule has 2 heterocycles. The van der Waals surface area contributed by atoms with Gasteiger partial charge in [-0.25, -0.2) is 0 Å².